The predicted molar refractivity (Wildman–Crippen MR) is 70.5 cm³/mol. The molecule has 2 rings (SSSR count). The third kappa shape index (κ3) is 3.52. The molecule has 1 atom stereocenters. The summed E-state index contributed by atoms with van der Waals surface area (Å²) >= 11 is 5.78. The lowest BCUT2D eigenvalue weighted by atomic mass is 9.89. The van der Waals surface area contributed by atoms with Crippen LogP contribution >= 0.6 is 11.6 Å². The lowest BCUT2D eigenvalue weighted by Gasteiger charge is -2.33. The van der Waals surface area contributed by atoms with E-state index in [1.165, 1.54) is 12.4 Å². The van der Waals surface area contributed by atoms with E-state index in [2.05, 4.69) is 4.99 Å². The largest absolute Gasteiger partial charge is 0.411 e. The van der Waals surface area contributed by atoms with Gasteiger partial charge in [0.1, 0.15) is 12.2 Å². The van der Waals surface area contributed by atoms with Crippen molar-refractivity contribution >= 4 is 17.8 Å². The van der Waals surface area contributed by atoms with Crippen LogP contribution in [0.3, 0.4) is 0 Å². The molecule has 1 heterocycles. The number of aliphatic imine (C=N–C) groups is 1. The van der Waals surface area contributed by atoms with Crippen molar-refractivity contribution in [2.75, 3.05) is 6.61 Å². The predicted octanol–water partition coefficient (Wildman–Crippen LogP) is 3.39. The van der Waals surface area contributed by atoms with E-state index in [4.69, 9.17) is 22.1 Å². The molecule has 0 saturated heterocycles. The van der Waals surface area contributed by atoms with E-state index >= 15 is 0 Å². The first kappa shape index (κ1) is 14.9. The van der Waals surface area contributed by atoms with E-state index in [9.17, 15) is 13.2 Å². The third-order valence-corrected chi connectivity index (χ3v) is 3.07. The van der Waals surface area contributed by atoms with Crippen LogP contribution in [-0.2, 0) is 10.3 Å². The maximum absolute atomic E-state index is 12.4. The minimum atomic E-state index is -4.43. The highest BCUT2D eigenvalue weighted by Gasteiger charge is 2.39. The van der Waals surface area contributed by atoms with E-state index in [1.54, 1.807) is 24.3 Å². The van der Waals surface area contributed by atoms with Gasteiger partial charge in [-0.1, -0.05) is 23.7 Å². The summed E-state index contributed by atoms with van der Waals surface area (Å²) in [6.45, 7) is -1.38. The third-order valence-electron chi connectivity index (χ3n) is 2.82. The van der Waals surface area contributed by atoms with Crippen molar-refractivity contribution in [1.29, 1.82) is 0 Å². The van der Waals surface area contributed by atoms with E-state index in [0.29, 0.717) is 16.3 Å². The van der Waals surface area contributed by atoms with Gasteiger partial charge in [-0.05, 0) is 17.7 Å². The smallest absolute Gasteiger partial charge is 0.401 e. The summed E-state index contributed by atoms with van der Waals surface area (Å²) in [5, 5.41) is 0.482. The fourth-order valence-corrected chi connectivity index (χ4v) is 2.06. The molecule has 1 aliphatic rings. The molecule has 0 bridgehead atoms. The van der Waals surface area contributed by atoms with Gasteiger partial charge < -0.3 is 10.5 Å². The topological polar surface area (TPSA) is 47.6 Å². The Bertz CT molecular complexity index is 540. The van der Waals surface area contributed by atoms with Crippen LogP contribution in [0.25, 0.3) is 0 Å². The second kappa shape index (κ2) is 5.46. The number of hydrogen-bond acceptors (Lipinski definition) is 3. The van der Waals surface area contributed by atoms with Gasteiger partial charge in [-0.25, -0.2) is 0 Å². The minimum Gasteiger partial charge on any atom is -0.401 e. The summed E-state index contributed by atoms with van der Waals surface area (Å²) in [5.41, 5.74) is 5.23. The van der Waals surface area contributed by atoms with E-state index < -0.39 is 18.4 Å². The van der Waals surface area contributed by atoms with Crippen molar-refractivity contribution in [3.63, 3.8) is 0 Å². The second-order valence-electron chi connectivity index (χ2n) is 4.46. The van der Waals surface area contributed by atoms with Crippen LogP contribution in [-0.4, -0.2) is 19.0 Å². The van der Waals surface area contributed by atoms with Crippen LogP contribution in [0.15, 0.2) is 41.2 Å². The molecule has 1 aromatic carbocycles. The molecule has 0 amide bonds. The number of rotatable bonds is 3. The van der Waals surface area contributed by atoms with Gasteiger partial charge in [-0.3, -0.25) is 4.99 Å². The number of ether oxygens (including phenoxy) is 1. The number of hydrogen-bond donors (Lipinski definition) is 1. The Morgan fingerprint density at radius 3 is 2.50 bits per heavy atom. The number of nitrogens with two attached hydrogens (primary N) is 1. The van der Waals surface area contributed by atoms with E-state index in [0.717, 1.165) is 0 Å². The van der Waals surface area contributed by atoms with Crippen LogP contribution in [0.1, 0.15) is 12.0 Å². The Kier molecular flexibility index (Phi) is 4.06. The molecular weight excluding hydrogens is 293 g/mol. The number of nitrogens with zero attached hydrogens (tertiary/aromatic N) is 1. The maximum Gasteiger partial charge on any atom is 0.411 e. The molecule has 0 spiro atoms. The molecule has 3 nitrogen and oxygen atoms in total. The highest BCUT2D eigenvalue weighted by molar-refractivity contribution is 6.30. The molecule has 1 unspecified atom stereocenters. The van der Waals surface area contributed by atoms with Crippen molar-refractivity contribution in [3.8, 4) is 0 Å². The SMILES string of the molecule is NC1=CN=CC(OCC(F)(F)F)(c2ccc(Cl)cc2)C1. The van der Waals surface area contributed by atoms with Gasteiger partial charge in [0.05, 0.1) is 0 Å². The average Bonchev–Trinajstić information content (AvgIpc) is 2.36. The van der Waals surface area contributed by atoms with Gasteiger partial charge in [0.2, 0.25) is 0 Å². The van der Waals surface area contributed by atoms with Gasteiger partial charge in [0.15, 0.2) is 0 Å². The summed E-state index contributed by atoms with van der Waals surface area (Å²) in [4.78, 5) is 3.87. The van der Waals surface area contributed by atoms with Crippen LogP contribution in [0.4, 0.5) is 13.2 Å². The molecular formula is C13H12ClF3N2O. The number of halogens is 4. The van der Waals surface area contributed by atoms with Gasteiger partial charge in [-0.15, -0.1) is 0 Å². The zero-order chi connectivity index (χ0) is 14.8. The van der Waals surface area contributed by atoms with Crippen molar-refractivity contribution in [1.82, 2.24) is 0 Å². The Balaban J connectivity index is 2.32. The van der Waals surface area contributed by atoms with Crippen LogP contribution in [0.5, 0.6) is 0 Å². The quantitative estimate of drug-likeness (QED) is 0.930. The minimum absolute atomic E-state index is 0.105. The Morgan fingerprint density at radius 1 is 1.30 bits per heavy atom. The summed E-state index contributed by atoms with van der Waals surface area (Å²) in [7, 11) is 0. The molecule has 0 fully saturated rings. The van der Waals surface area contributed by atoms with Gasteiger partial charge in [-0.2, -0.15) is 13.2 Å². The zero-order valence-electron chi connectivity index (χ0n) is 10.3. The zero-order valence-corrected chi connectivity index (χ0v) is 11.1. The number of alkyl halides is 3. The van der Waals surface area contributed by atoms with Gasteiger partial charge in [0.25, 0.3) is 0 Å². The van der Waals surface area contributed by atoms with E-state index in [1.807, 2.05) is 0 Å². The molecule has 1 aromatic rings. The summed E-state index contributed by atoms with van der Waals surface area (Å²) in [6.07, 6.45) is -1.60. The van der Waals surface area contributed by atoms with Gasteiger partial charge in [0, 0.05) is 29.6 Å². The van der Waals surface area contributed by atoms with Gasteiger partial charge >= 0.3 is 6.18 Å². The van der Waals surface area contributed by atoms with Crippen LogP contribution in [0.2, 0.25) is 5.02 Å². The standard InChI is InChI=1S/C13H12ClF3N2O/c14-10-3-1-9(2-4-10)12(20-8-13(15,16)17)5-11(18)6-19-7-12/h1-4,6-7H,5,8,18H2. The molecule has 1 aliphatic heterocycles. The molecule has 20 heavy (non-hydrogen) atoms. The van der Waals surface area contributed by atoms with E-state index in [-0.39, 0.29) is 6.42 Å². The molecule has 2 N–H and O–H groups in total. The molecule has 7 heteroatoms. The first-order valence-corrected chi connectivity index (χ1v) is 6.14. The maximum atomic E-state index is 12.4. The van der Waals surface area contributed by atoms with Crippen molar-refractivity contribution in [3.05, 3.63) is 46.7 Å². The van der Waals surface area contributed by atoms with Crippen LogP contribution < -0.4 is 5.73 Å². The Morgan fingerprint density at radius 2 is 1.95 bits per heavy atom. The lowest BCUT2D eigenvalue weighted by molar-refractivity contribution is -0.195. The molecule has 108 valence electrons. The van der Waals surface area contributed by atoms with Crippen molar-refractivity contribution in [2.45, 2.75) is 18.2 Å². The second-order valence-corrected chi connectivity index (χ2v) is 4.90. The fraction of sp³-hybridized carbons (Fsp3) is 0.308. The molecule has 0 radical (unpaired) electrons. The molecule has 0 aliphatic carbocycles. The first-order valence-electron chi connectivity index (χ1n) is 5.76. The Hall–Kier alpha value is -1.53. The lowest BCUT2D eigenvalue weighted by Crippen LogP contribution is -2.38. The number of benzene rings is 1. The molecule has 0 aromatic heterocycles. The highest BCUT2D eigenvalue weighted by atomic mass is 35.5. The van der Waals surface area contributed by atoms with Crippen LogP contribution in [0, 0.1) is 0 Å². The molecule has 0 saturated carbocycles. The summed E-state index contributed by atoms with van der Waals surface area (Å²) in [6, 6.07) is 6.36. The highest BCUT2D eigenvalue weighted by Crippen LogP contribution is 2.34. The fourth-order valence-electron chi connectivity index (χ4n) is 1.94. The summed E-state index contributed by atoms with van der Waals surface area (Å²) < 4.78 is 42.4. The average molecular weight is 305 g/mol. The monoisotopic (exact) mass is 304 g/mol. The summed E-state index contributed by atoms with van der Waals surface area (Å²) in [5.74, 6) is 0. The normalized spacial score (nSPS) is 22.7. The van der Waals surface area contributed by atoms with Crippen molar-refractivity contribution in [2.24, 2.45) is 10.7 Å². The van der Waals surface area contributed by atoms with Crippen molar-refractivity contribution < 1.29 is 17.9 Å². The first-order chi connectivity index (χ1) is 9.31. The Labute approximate surface area is 118 Å².